The number of fused-ring (bicyclic) bond motifs is 1. The lowest BCUT2D eigenvalue weighted by Gasteiger charge is -1.95. The molecule has 0 saturated carbocycles. The highest BCUT2D eigenvalue weighted by molar-refractivity contribution is 7.26. The molecule has 1 nitrogen and oxygen atoms in total. The van der Waals surface area contributed by atoms with E-state index < -0.39 is 0 Å². The van der Waals surface area contributed by atoms with Gasteiger partial charge in [-0.1, -0.05) is 33.5 Å². The van der Waals surface area contributed by atoms with E-state index in [0.29, 0.717) is 0 Å². The molecule has 2 rings (SSSR count). The van der Waals surface area contributed by atoms with Gasteiger partial charge in [0.15, 0.2) is 0 Å². The molecular weight excluding hydrogens is 153 g/mol. The molecule has 11 heavy (non-hydrogen) atoms. The zero-order valence-corrected chi connectivity index (χ0v) is 7.14. The van der Waals surface area contributed by atoms with Crippen LogP contribution in [0, 0.1) is 0 Å². The van der Waals surface area contributed by atoms with E-state index in [2.05, 4.69) is 32.4 Å². The second-order valence-electron chi connectivity index (χ2n) is 2.46. The summed E-state index contributed by atoms with van der Waals surface area (Å²) in [4.78, 5) is 4.17. The molecule has 1 aromatic carbocycles. The molecule has 0 aliphatic heterocycles. The Balaban J connectivity index is 2.83. The molecule has 1 heterocycles. The third-order valence-corrected chi connectivity index (χ3v) is 1.97. The van der Waals surface area contributed by atoms with Crippen LogP contribution in [0.2, 0.25) is 0 Å². The Labute approximate surface area is 67.7 Å². The average Bonchev–Trinajstić information content (AvgIpc) is 2.04. The smallest absolute Gasteiger partial charge is 0.0575 e. The molecule has 1 aromatic heterocycles. The van der Waals surface area contributed by atoms with E-state index >= 15 is 0 Å². The van der Waals surface area contributed by atoms with E-state index in [4.69, 9.17) is 0 Å². The minimum Gasteiger partial charge on any atom is -0.256 e. The molecule has 1 unspecified atom stereocenters. The van der Waals surface area contributed by atoms with Crippen molar-refractivity contribution in [2.75, 3.05) is 0 Å². The quantitative estimate of drug-likeness (QED) is 0.536. The molecular formula is C9H8NP. The number of hydrogen-bond donors (Lipinski definition) is 0. The summed E-state index contributed by atoms with van der Waals surface area (Å²) < 4.78 is 0. The summed E-state index contributed by atoms with van der Waals surface area (Å²) in [5, 5.41) is 2.44. The standard InChI is InChI=1S/C9H8NP/c11-9-5-7-3-1-2-4-8(7)6-10-9/h1-6H,11H2. The molecule has 2 heteroatoms. The first-order valence-electron chi connectivity index (χ1n) is 3.46. The zero-order chi connectivity index (χ0) is 7.68. The number of hydrogen-bond acceptors (Lipinski definition) is 1. The van der Waals surface area contributed by atoms with Crippen molar-refractivity contribution in [1.29, 1.82) is 0 Å². The predicted octanol–water partition coefficient (Wildman–Crippen LogP) is 1.74. The van der Waals surface area contributed by atoms with E-state index in [1.807, 2.05) is 18.3 Å². The molecule has 0 N–H and O–H groups in total. The first kappa shape index (κ1) is 6.75. The lowest BCUT2D eigenvalue weighted by molar-refractivity contribution is 1.43. The van der Waals surface area contributed by atoms with Gasteiger partial charge in [0.2, 0.25) is 0 Å². The Morgan fingerprint density at radius 3 is 2.64 bits per heavy atom. The first-order valence-corrected chi connectivity index (χ1v) is 4.04. The fourth-order valence-electron chi connectivity index (χ4n) is 1.10. The van der Waals surface area contributed by atoms with Crippen molar-refractivity contribution in [3.63, 3.8) is 0 Å². The van der Waals surface area contributed by atoms with Gasteiger partial charge < -0.3 is 0 Å². The molecule has 0 spiro atoms. The monoisotopic (exact) mass is 161 g/mol. The van der Waals surface area contributed by atoms with Gasteiger partial charge in [0.1, 0.15) is 0 Å². The van der Waals surface area contributed by atoms with Crippen molar-refractivity contribution in [3.05, 3.63) is 36.5 Å². The summed E-state index contributed by atoms with van der Waals surface area (Å²) >= 11 is 0. The summed E-state index contributed by atoms with van der Waals surface area (Å²) in [5.41, 5.74) is 0.990. The van der Waals surface area contributed by atoms with E-state index in [1.54, 1.807) is 0 Å². The normalized spacial score (nSPS) is 10.3. The second kappa shape index (κ2) is 2.60. The molecule has 0 bridgehead atoms. The maximum absolute atomic E-state index is 4.17. The molecule has 0 saturated heterocycles. The van der Waals surface area contributed by atoms with Gasteiger partial charge in [-0.05, 0) is 11.5 Å². The minimum absolute atomic E-state index is 0.990. The zero-order valence-electron chi connectivity index (χ0n) is 5.99. The van der Waals surface area contributed by atoms with Crippen LogP contribution in [-0.4, -0.2) is 4.98 Å². The van der Waals surface area contributed by atoms with Crippen molar-refractivity contribution in [2.45, 2.75) is 0 Å². The fourth-order valence-corrected chi connectivity index (χ4v) is 1.35. The lowest BCUT2D eigenvalue weighted by atomic mass is 10.2. The molecule has 0 aliphatic carbocycles. The van der Waals surface area contributed by atoms with E-state index in [-0.39, 0.29) is 0 Å². The Hall–Kier alpha value is -0.940. The van der Waals surface area contributed by atoms with Crippen LogP contribution in [0.3, 0.4) is 0 Å². The van der Waals surface area contributed by atoms with E-state index in [0.717, 1.165) is 5.44 Å². The number of aromatic nitrogens is 1. The van der Waals surface area contributed by atoms with Crippen LogP contribution in [0.1, 0.15) is 0 Å². The van der Waals surface area contributed by atoms with Crippen molar-refractivity contribution in [1.82, 2.24) is 4.98 Å². The highest BCUT2D eigenvalue weighted by Gasteiger charge is 1.90. The van der Waals surface area contributed by atoms with Crippen LogP contribution < -0.4 is 5.44 Å². The fraction of sp³-hybridized carbons (Fsp3) is 0. The topological polar surface area (TPSA) is 12.9 Å². The highest BCUT2D eigenvalue weighted by Crippen LogP contribution is 2.09. The van der Waals surface area contributed by atoms with Crippen LogP contribution in [0.15, 0.2) is 36.5 Å². The van der Waals surface area contributed by atoms with E-state index in [9.17, 15) is 0 Å². The molecule has 0 aliphatic rings. The van der Waals surface area contributed by atoms with E-state index in [1.165, 1.54) is 10.8 Å². The van der Waals surface area contributed by atoms with Gasteiger partial charge in [0, 0.05) is 11.6 Å². The third kappa shape index (κ3) is 1.24. The SMILES string of the molecule is Pc1cc2ccccc2cn1. The van der Waals surface area contributed by atoms with Gasteiger partial charge in [-0.3, -0.25) is 4.98 Å². The predicted molar refractivity (Wildman–Crippen MR) is 51.1 cm³/mol. The summed E-state index contributed by atoms with van der Waals surface area (Å²) in [5.74, 6) is 0. The number of benzene rings is 1. The minimum atomic E-state index is 0.990. The van der Waals surface area contributed by atoms with Gasteiger partial charge in [-0.2, -0.15) is 0 Å². The Morgan fingerprint density at radius 1 is 1.09 bits per heavy atom. The molecule has 1 atom stereocenters. The number of rotatable bonds is 0. The van der Waals surface area contributed by atoms with Gasteiger partial charge >= 0.3 is 0 Å². The first-order chi connectivity index (χ1) is 5.36. The molecule has 0 amide bonds. The summed E-state index contributed by atoms with van der Waals surface area (Å²) in [6.07, 6.45) is 1.89. The molecule has 0 fully saturated rings. The van der Waals surface area contributed by atoms with Crippen molar-refractivity contribution in [3.8, 4) is 0 Å². The molecule has 2 aromatic rings. The Bertz CT molecular complexity index is 384. The second-order valence-corrected chi connectivity index (χ2v) is 3.05. The van der Waals surface area contributed by atoms with Gasteiger partial charge in [0.25, 0.3) is 0 Å². The van der Waals surface area contributed by atoms with Crippen LogP contribution in [0.5, 0.6) is 0 Å². The molecule has 0 radical (unpaired) electrons. The Morgan fingerprint density at radius 2 is 1.82 bits per heavy atom. The summed E-state index contributed by atoms with van der Waals surface area (Å²) in [6.45, 7) is 0. The van der Waals surface area contributed by atoms with Gasteiger partial charge in [-0.15, -0.1) is 0 Å². The average molecular weight is 161 g/mol. The van der Waals surface area contributed by atoms with Crippen molar-refractivity contribution in [2.24, 2.45) is 0 Å². The van der Waals surface area contributed by atoms with Gasteiger partial charge in [-0.25, -0.2) is 0 Å². The molecule has 54 valence electrons. The lowest BCUT2D eigenvalue weighted by Crippen LogP contribution is -1.94. The van der Waals surface area contributed by atoms with Crippen LogP contribution in [0.25, 0.3) is 10.8 Å². The maximum atomic E-state index is 4.17. The maximum Gasteiger partial charge on any atom is 0.0575 e. The summed E-state index contributed by atoms with van der Waals surface area (Å²) in [6, 6.07) is 10.3. The number of pyridine rings is 1. The summed E-state index contributed by atoms with van der Waals surface area (Å²) in [7, 11) is 2.59. The van der Waals surface area contributed by atoms with Crippen molar-refractivity contribution < 1.29 is 0 Å². The van der Waals surface area contributed by atoms with Crippen molar-refractivity contribution >= 4 is 25.4 Å². The van der Waals surface area contributed by atoms with Crippen LogP contribution in [0.4, 0.5) is 0 Å². The number of nitrogens with zero attached hydrogens (tertiary/aromatic N) is 1. The highest BCUT2D eigenvalue weighted by atomic mass is 31.0. The Kier molecular flexibility index (Phi) is 1.59. The van der Waals surface area contributed by atoms with Crippen LogP contribution in [-0.2, 0) is 0 Å². The van der Waals surface area contributed by atoms with Crippen LogP contribution >= 0.6 is 9.24 Å². The third-order valence-electron chi connectivity index (χ3n) is 1.65. The largest absolute Gasteiger partial charge is 0.256 e. The van der Waals surface area contributed by atoms with Gasteiger partial charge in [0.05, 0.1) is 5.44 Å².